The number of aliphatic hydroxyl groups excluding tert-OH is 1. The van der Waals surface area contributed by atoms with Gasteiger partial charge in [-0.05, 0) is 44.0 Å². The standard InChI is InChI=1S/C15H18N2O/c1-10-9-12(15(18)14-7-4-8-16-14)11-5-2-3-6-13(11)17-10/h2-3,5-6,9,14-16,18H,4,7-8H2,1H3. The molecule has 2 heterocycles. The smallest absolute Gasteiger partial charge is 0.0950 e. The van der Waals surface area contributed by atoms with Gasteiger partial charge in [-0.2, -0.15) is 0 Å². The zero-order chi connectivity index (χ0) is 12.5. The van der Waals surface area contributed by atoms with Gasteiger partial charge in [-0.1, -0.05) is 18.2 Å². The Morgan fingerprint density at radius 1 is 1.39 bits per heavy atom. The van der Waals surface area contributed by atoms with E-state index in [4.69, 9.17) is 0 Å². The predicted octanol–water partition coefficient (Wildman–Crippen LogP) is 2.33. The number of nitrogens with one attached hydrogen (secondary N) is 1. The number of hydrogen-bond donors (Lipinski definition) is 2. The highest BCUT2D eigenvalue weighted by molar-refractivity contribution is 5.82. The molecule has 0 spiro atoms. The second-order valence-electron chi connectivity index (χ2n) is 5.02. The van der Waals surface area contributed by atoms with Crippen LogP contribution in [0.2, 0.25) is 0 Å². The van der Waals surface area contributed by atoms with E-state index in [1.54, 1.807) is 0 Å². The lowest BCUT2D eigenvalue weighted by atomic mass is 9.97. The minimum absolute atomic E-state index is 0.176. The van der Waals surface area contributed by atoms with Gasteiger partial charge in [-0.15, -0.1) is 0 Å². The molecule has 0 amide bonds. The number of hydrogen-bond acceptors (Lipinski definition) is 3. The summed E-state index contributed by atoms with van der Waals surface area (Å²) in [6.07, 6.45) is 1.74. The Labute approximate surface area is 107 Å². The number of benzene rings is 1. The van der Waals surface area contributed by atoms with E-state index in [2.05, 4.69) is 10.3 Å². The largest absolute Gasteiger partial charge is 0.387 e. The molecule has 94 valence electrons. The number of aromatic nitrogens is 1. The minimum Gasteiger partial charge on any atom is -0.387 e. The molecule has 2 N–H and O–H groups in total. The van der Waals surface area contributed by atoms with Crippen LogP contribution in [0.15, 0.2) is 30.3 Å². The van der Waals surface area contributed by atoms with Gasteiger partial charge in [0.1, 0.15) is 0 Å². The van der Waals surface area contributed by atoms with Crippen molar-refractivity contribution in [1.29, 1.82) is 0 Å². The molecule has 0 saturated carbocycles. The number of fused-ring (bicyclic) bond motifs is 1. The number of pyridine rings is 1. The maximum atomic E-state index is 10.6. The lowest BCUT2D eigenvalue weighted by molar-refractivity contribution is 0.139. The average Bonchev–Trinajstić information content (AvgIpc) is 2.90. The number of aryl methyl sites for hydroxylation is 1. The molecule has 0 bridgehead atoms. The van der Waals surface area contributed by atoms with Crippen molar-refractivity contribution in [3.05, 3.63) is 41.6 Å². The van der Waals surface area contributed by atoms with Crippen LogP contribution in [0.1, 0.15) is 30.2 Å². The Balaban J connectivity index is 2.09. The first-order chi connectivity index (χ1) is 8.75. The molecule has 1 aliphatic rings. The number of nitrogens with zero attached hydrogens (tertiary/aromatic N) is 1. The van der Waals surface area contributed by atoms with Gasteiger partial charge in [0.2, 0.25) is 0 Å². The monoisotopic (exact) mass is 242 g/mol. The van der Waals surface area contributed by atoms with Crippen molar-refractivity contribution in [2.45, 2.75) is 31.9 Å². The van der Waals surface area contributed by atoms with Gasteiger partial charge in [0.15, 0.2) is 0 Å². The van der Waals surface area contributed by atoms with E-state index in [-0.39, 0.29) is 6.04 Å². The van der Waals surface area contributed by atoms with Crippen LogP contribution >= 0.6 is 0 Å². The maximum absolute atomic E-state index is 10.6. The molecule has 0 aliphatic carbocycles. The van der Waals surface area contributed by atoms with Crippen LogP contribution in [0.5, 0.6) is 0 Å². The van der Waals surface area contributed by atoms with Crippen LogP contribution in [0, 0.1) is 6.92 Å². The molecule has 2 unspecified atom stereocenters. The van der Waals surface area contributed by atoms with Crippen LogP contribution in [0.4, 0.5) is 0 Å². The Kier molecular flexibility index (Phi) is 3.02. The number of aliphatic hydroxyl groups is 1. The normalized spacial score (nSPS) is 21.3. The summed E-state index contributed by atoms with van der Waals surface area (Å²) < 4.78 is 0. The fourth-order valence-corrected chi connectivity index (χ4v) is 2.78. The Hall–Kier alpha value is -1.45. The van der Waals surface area contributed by atoms with Gasteiger partial charge in [0.05, 0.1) is 11.6 Å². The summed E-state index contributed by atoms with van der Waals surface area (Å²) in [7, 11) is 0. The highest BCUT2D eigenvalue weighted by Crippen LogP contribution is 2.29. The van der Waals surface area contributed by atoms with Crippen LogP contribution < -0.4 is 5.32 Å². The summed E-state index contributed by atoms with van der Waals surface area (Å²) in [6, 6.07) is 10.2. The highest BCUT2D eigenvalue weighted by atomic mass is 16.3. The molecule has 1 aliphatic heterocycles. The molecule has 1 aromatic carbocycles. The fraction of sp³-hybridized carbons (Fsp3) is 0.400. The van der Waals surface area contributed by atoms with E-state index < -0.39 is 6.10 Å². The van der Waals surface area contributed by atoms with E-state index in [0.29, 0.717) is 0 Å². The van der Waals surface area contributed by atoms with Crippen LogP contribution in [0.25, 0.3) is 10.9 Å². The summed E-state index contributed by atoms with van der Waals surface area (Å²) in [5, 5.41) is 15.0. The second-order valence-corrected chi connectivity index (χ2v) is 5.02. The van der Waals surface area contributed by atoms with Gasteiger partial charge in [0, 0.05) is 17.1 Å². The SMILES string of the molecule is Cc1cc(C(O)C2CCCN2)c2ccccc2n1. The number of para-hydroxylation sites is 1. The average molecular weight is 242 g/mol. The van der Waals surface area contributed by atoms with E-state index in [0.717, 1.165) is 41.5 Å². The molecule has 3 rings (SSSR count). The van der Waals surface area contributed by atoms with Crippen molar-refractivity contribution in [1.82, 2.24) is 10.3 Å². The van der Waals surface area contributed by atoms with E-state index >= 15 is 0 Å². The lowest BCUT2D eigenvalue weighted by Crippen LogP contribution is -2.28. The van der Waals surface area contributed by atoms with Gasteiger partial charge in [-0.3, -0.25) is 4.98 Å². The first kappa shape index (κ1) is 11.6. The third-order valence-electron chi connectivity index (χ3n) is 3.67. The van der Waals surface area contributed by atoms with E-state index in [1.807, 2.05) is 37.3 Å². The van der Waals surface area contributed by atoms with Gasteiger partial charge < -0.3 is 10.4 Å². The molecule has 18 heavy (non-hydrogen) atoms. The molecular weight excluding hydrogens is 224 g/mol. The van der Waals surface area contributed by atoms with Crippen molar-refractivity contribution in [3.8, 4) is 0 Å². The maximum Gasteiger partial charge on any atom is 0.0950 e. The van der Waals surface area contributed by atoms with E-state index in [9.17, 15) is 5.11 Å². The first-order valence-electron chi connectivity index (χ1n) is 6.53. The molecular formula is C15H18N2O. The van der Waals surface area contributed by atoms with Gasteiger partial charge in [0.25, 0.3) is 0 Å². The molecule has 1 fully saturated rings. The van der Waals surface area contributed by atoms with E-state index in [1.165, 1.54) is 0 Å². The van der Waals surface area contributed by atoms with Gasteiger partial charge >= 0.3 is 0 Å². The van der Waals surface area contributed by atoms with Gasteiger partial charge in [-0.25, -0.2) is 0 Å². The summed E-state index contributed by atoms with van der Waals surface area (Å²) in [6.45, 7) is 2.98. The third kappa shape index (κ3) is 2.00. The second kappa shape index (κ2) is 4.67. The minimum atomic E-state index is -0.445. The fourth-order valence-electron chi connectivity index (χ4n) is 2.78. The van der Waals surface area contributed by atoms with Crippen LogP contribution in [0.3, 0.4) is 0 Å². The van der Waals surface area contributed by atoms with Crippen molar-refractivity contribution in [2.24, 2.45) is 0 Å². The molecule has 1 saturated heterocycles. The zero-order valence-corrected chi connectivity index (χ0v) is 10.6. The first-order valence-corrected chi connectivity index (χ1v) is 6.53. The molecule has 0 radical (unpaired) electrons. The quantitative estimate of drug-likeness (QED) is 0.849. The summed E-state index contributed by atoms with van der Waals surface area (Å²) in [5.74, 6) is 0. The molecule has 1 aromatic heterocycles. The molecule has 2 atom stereocenters. The van der Waals surface area contributed by atoms with Crippen LogP contribution in [-0.2, 0) is 0 Å². The van der Waals surface area contributed by atoms with Crippen LogP contribution in [-0.4, -0.2) is 22.7 Å². The van der Waals surface area contributed by atoms with Crippen molar-refractivity contribution in [3.63, 3.8) is 0 Å². The summed E-state index contributed by atoms with van der Waals surface area (Å²) >= 11 is 0. The van der Waals surface area contributed by atoms with Crippen molar-refractivity contribution >= 4 is 10.9 Å². The molecule has 2 aromatic rings. The highest BCUT2D eigenvalue weighted by Gasteiger charge is 2.25. The molecule has 3 heteroatoms. The lowest BCUT2D eigenvalue weighted by Gasteiger charge is -2.20. The van der Waals surface area contributed by atoms with Crippen molar-refractivity contribution < 1.29 is 5.11 Å². The zero-order valence-electron chi connectivity index (χ0n) is 10.6. The number of rotatable bonds is 2. The Morgan fingerprint density at radius 3 is 3.00 bits per heavy atom. The Morgan fingerprint density at radius 2 is 2.22 bits per heavy atom. The van der Waals surface area contributed by atoms with Crippen molar-refractivity contribution in [2.75, 3.05) is 6.54 Å². The predicted molar refractivity (Wildman–Crippen MR) is 72.5 cm³/mol. The Bertz CT molecular complexity index is 561. The summed E-state index contributed by atoms with van der Waals surface area (Å²) in [5.41, 5.74) is 2.92. The third-order valence-corrected chi connectivity index (χ3v) is 3.67. The topological polar surface area (TPSA) is 45.1 Å². The molecule has 3 nitrogen and oxygen atoms in total. The summed E-state index contributed by atoms with van der Waals surface area (Å²) in [4.78, 5) is 4.51.